The van der Waals surface area contributed by atoms with Gasteiger partial charge in [0.2, 0.25) is 11.8 Å². The van der Waals surface area contributed by atoms with E-state index in [1.54, 1.807) is 30.4 Å². The van der Waals surface area contributed by atoms with Crippen LogP contribution in [0, 0.1) is 6.92 Å². The maximum absolute atomic E-state index is 5.74. The van der Waals surface area contributed by atoms with Crippen LogP contribution in [0.15, 0.2) is 28.9 Å². The minimum Gasteiger partial charge on any atom is -0.497 e. The lowest BCUT2D eigenvalue weighted by atomic mass is 10.1. The molecule has 3 aromatic rings. The highest BCUT2D eigenvalue weighted by Gasteiger charge is 2.22. The summed E-state index contributed by atoms with van der Waals surface area (Å²) in [4.78, 5) is 4.36. The van der Waals surface area contributed by atoms with Crippen molar-refractivity contribution in [3.05, 3.63) is 41.9 Å². The standard InChI is InChI=1S/C19H21N5O2/c1-13-9-15(11-16(10-13)25-2)18-20-12-24(23-18)8-7-17-21-22-19(26-17)14-5-3-4-6-14/h7-12,14H,3-6H2,1-2H3/b8-7-. The Morgan fingerprint density at radius 2 is 2.04 bits per heavy atom. The van der Waals surface area contributed by atoms with E-state index in [1.165, 1.54) is 12.8 Å². The van der Waals surface area contributed by atoms with Crippen LogP contribution in [0.2, 0.25) is 0 Å². The fraction of sp³-hybridized carbons (Fsp3) is 0.368. The summed E-state index contributed by atoms with van der Waals surface area (Å²) in [6.07, 6.45) is 9.91. The van der Waals surface area contributed by atoms with Crippen molar-refractivity contribution in [1.82, 2.24) is 25.0 Å². The second-order valence-electron chi connectivity index (χ2n) is 6.56. The van der Waals surface area contributed by atoms with Crippen LogP contribution in [0.3, 0.4) is 0 Å². The SMILES string of the molecule is COc1cc(C)cc(-c2ncn(/C=C\c3nnc(C4CCCC4)o3)n2)c1. The monoisotopic (exact) mass is 351 g/mol. The van der Waals surface area contributed by atoms with E-state index in [9.17, 15) is 0 Å². The van der Waals surface area contributed by atoms with Gasteiger partial charge in [0, 0.05) is 23.8 Å². The maximum Gasteiger partial charge on any atom is 0.242 e. The lowest BCUT2D eigenvalue weighted by Crippen LogP contribution is -1.91. The van der Waals surface area contributed by atoms with Gasteiger partial charge in [-0.05, 0) is 43.5 Å². The third-order valence-corrected chi connectivity index (χ3v) is 4.58. The number of rotatable bonds is 5. The molecule has 1 fully saturated rings. The minimum absolute atomic E-state index is 0.416. The van der Waals surface area contributed by atoms with Gasteiger partial charge in [-0.15, -0.1) is 15.3 Å². The zero-order chi connectivity index (χ0) is 17.9. The third kappa shape index (κ3) is 3.51. The minimum atomic E-state index is 0.416. The topological polar surface area (TPSA) is 78.9 Å². The molecule has 0 spiro atoms. The van der Waals surface area contributed by atoms with Crippen LogP contribution < -0.4 is 4.74 Å². The van der Waals surface area contributed by atoms with Crippen molar-refractivity contribution >= 4 is 12.3 Å². The number of aromatic nitrogens is 5. The van der Waals surface area contributed by atoms with Crippen LogP contribution in [-0.4, -0.2) is 32.1 Å². The molecule has 1 aliphatic rings. The van der Waals surface area contributed by atoms with Gasteiger partial charge in [0.25, 0.3) is 0 Å². The summed E-state index contributed by atoms with van der Waals surface area (Å²) in [5.41, 5.74) is 2.01. The summed E-state index contributed by atoms with van der Waals surface area (Å²) >= 11 is 0. The van der Waals surface area contributed by atoms with Gasteiger partial charge in [-0.3, -0.25) is 0 Å². The molecule has 1 aliphatic carbocycles. The van der Waals surface area contributed by atoms with Crippen LogP contribution in [0.25, 0.3) is 23.7 Å². The Hall–Kier alpha value is -2.96. The normalized spacial score (nSPS) is 15.2. The molecule has 0 aliphatic heterocycles. The van der Waals surface area contributed by atoms with Crippen LogP contribution >= 0.6 is 0 Å². The summed E-state index contributed by atoms with van der Waals surface area (Å²) in [6.45, 7) is 2.01. The predicted octanol–water partition coefficient (Wildman–Crippen LogP) is 3.93. The zero-order valence-corrected chi connectivity index (χ0v) is 14.9. The van der Waals surface area contributed by atoms with E-state index in [4.69, 9.17) is 9.15 Å². The number of nitrogens with zero attached hydrogens (tertiary/aromatic N) is 5. The van der Waals surface area contributed by atoms with Crippen molar-refractivity contribution in [1.29, 1.82) is 0 Å². The molecule has 7 heteroatoms. The predicted molar refractivity (Wildman–Crippen MR) is 97.5 cm³/mol. The van der Waals surface area contributed by atoms with Crippen LogP contribution in [-0.2, 0) is 0 Å². The Labute approximate surface area is 151 Å². The van der Waals surface area contributed by atoms with Crippen molar-refractivity contribution in [2.24, 2.45) is 0 Å². The lowest BCUT2D eigenvalue weighted by Gasteiger charge is -2.03. The molecular formula is C19H21N5O2. The van der Waals surface area contributed by atoms with Crippen LogP contribution in [0.4, 0.5) is 0 Å². The molecule has 1 aromatic carbocycles. The summed E-state index contributed by atoms with van der Waals surface area (Å²) in [5.74, 6) is 3.07. The molecule has 2 aromatic heterocycles. The van der Waals surface area contributed by atoms with Gasteiger partial charge in [-0.1, -0.05) is 12.8 Å². The fourth-order valence-corrected chi connectivity index (χ4v) is 3.27. The number of aryl methyl sites for hydroxylation is 1. The van der Waals surface area contributed by atoms with Crippen molar-refractivity contribution in [3.8, 4) is 17.1 Å². The molecule has 4 rings (SSSR count). The molecule has 0 unspecified atom stereocenters. The Morgan fingerprint density at radius 1 is 1.19 bits per heavy atom. The number of ether oxygens (including phenoxy) is 1. The molecule has 134 valence electrons. The zero-order valence-electron chi connectivity index (χ0n) is 14.9. The van der Waals surface area contributed by atoms with E-state index >= 15 is 0 Å². The average Bonchev–Trinajstić information content (AvgIpc) is 3.40. The maximum atomic E-state index is 5.74. The Bertz CT molecular complexity index is 922. The van der Waals surface area contributed by atoms with Crippen LogP contribution in [0.1, 0.15) is 48.9 Å². The molecular weight excluding hydrogens is 330 g/mol. The molecule has 0 N–H and O–H groups in total. The number of hydrogen-bond acceptors (Lipinski definition) is 6. The first kappa shape index (κ1) is 16.5. The lowest BCUT2D eigenvalue weighted by molar-refractivity contribution is 0.414. The van der Waals surface area contributed by atoms with Gasteiger partial charge in [-0.2, -0.15) is 0 Å². The number of hydrogen-bond donors (Lipinski definition) is 0. The largest absolute Gasteiger partial charge is 0.497 e. The van der Waals surface area contributed by atoms with Gasteiger partial charge in [-0.25, -0.2) is 9.67 Å². The molecule has 1 saturated carbocycles. The summed E-state index contributed by atoms with van der Waals surface area (Å²) < 4.78 is 12.7. The van der Waals surface area contributed by atoms with Gasteiger partial charge < -0.3 is 9.15 Å². The number of benzene rings is 1. The molecule has 0 saturated heterocycles. The summed E-state index contributed by atoms with van der Waals surface area (Å²) in [6, 6.07) is 5.91. The van der Waals surface area contributed by atoms with Gasteiger partial charge in [0.05, 0.1) is 7.11 Å². The molecule has 0 radical (unpaired) electrons. The Kier molecular flexibility index (Phi) is 4.51. The fourth-order valence-electron chi connectivity index (χ4n) is 3.27. The van der Waals surface area contributed by atoms with Crippen LogP contribution in [0.5, 0.6) is 5.75 Å². The highest BCUT2D eigenvalue weighted by molar-refractivity contribution is 5.60. The van der Waals surface area contributed by atoms with E-state index in [0.717, 1.165) is 35.6 Å². The molecule has 0 amide bonds. The van der Waals surface area contributed by atoms with Gasteiger partial charge in [0.15, 0.2) is 5.82 Å². The van der Waals surface area contributed by atoms with Crippen molar-refractivity contribution < 1.29 is 9.15 Å². The third-order valence-electron chi connectivity index (χ3n) is 4.58. The first-order valence-electron chi connectivity index (χ1n) is 8.80. The summed E-state index contributed by atoms with van der Waals surface area (Å²) in [5, 5.41) is 12.7. The van der Waals surface area contributed by atoms with Crippen molar-refractivity contribution in [2.75, 3.05) is 7.11 Å². The van der Waals surface area contributed by atoms with Gasteiger partial charge >= 0.3 is 0 Å². The first-order valence-corrected chi connectivity index (χ1v) is 8.80. The van der Waals surface area contributed by atoms with E-state index in [2.05, 4.69) is 20.3 Å². The van der Waals surface area contributed by atoms with Crippen molar-refractivity contribution in [2.45, 2.75) is 38.5 Å². The highest BCUT2D eigenvalue weighted by Crippen LogP contribution is 2.33. The number of methoxy groups -OCH3 is 1. The molecule has 0 bridgehead atoms. The smallest absolute Gasteiger partial charge is 0.242 e. The second-order valence-corrected chi connectivity index (χ2v) is 6.56. The van der Waals surface area contributed by atoms with E-state index < -0.39 is 0 Å². The molecule has 2 heterocycles. The molecule has 0 atom stereocenters. The Balaban J connectivity index is 1.50. The van der Waals surface area contributed by atoms with E-state index in [0.29, 0.717) is 17.6 Å². The molecule has 7 nitrogen and oxygen atoms in total. The van der Waals surface area contributed by atoms with Gasteiger partial charge in [0.1, 0.15) is 12.1 Å². The van der Waals surface area contributed by atoms with E-state index in [1.807, 2.05) is 25.1 Å². The summed E-state index contributed by atoms with van der Waals surface area (Å²) in [7, 11) is 1.65. The van der Waals surface area contributed by atoms with E-state index in [-0.39, 0.29) is 0 Å². The molecule has 26 heavy (non-hydrogen) atoms. The quantitative estimate of drug-likeness (QED) is 0.693. The second kappa shape index (κ2) is 7.11. The average molecular weight is 351 g/mol. The first-order chi connectivity index (χ1) is 12.7. The Morgan fingerprint density at radius 3 is 2.85 bits per heavy atom. The highest BCUT2D eigenvalue weighted by atomic mass is 16.5. The van der Waals surface area contributed by atoms with Crippen molar-refractivity contribution in [3.63, 3.8) is 0 Å².